The van der Waals surface area contributed by atoms with E-state index in [0.29, 0.717) is 17.4 Å². The Hall–Kier alpha value is -2.58. The molecule has 3 unspecified atom stereocenters. The van der Waals surface area contributed by atoms with Crippen LogP contribution in [-0.2, 0) is 18.4 Å². The molecule has 0 bridgehead atoms. The quantitative estimate of drug-likeness (QED) is 0.0273. The summed E-state index contributed by atoms with van der Waals surface area (Å²) in [6, 6.07) is -0.915. The van der Waals surface area contributed by atoms with Crippen molar-refractivity contribution in [2.45, 2.75) is 206 Å². The SMILES string of the molecule is CC/C=C\C/C=C\C/C=C\C/C=C\C/C=C\CCCCCCCCCCCCCCCC(=O)NC(COP(=O)([O-])OCC[N+](C)(C)C)C(O)/C=C/CC/C=C/CC/C=C/CCCCC. The smallest absolute Gasteiger partial charge is 0.268 e. The normalized spacial score (nSPS) is 14.9. The molecule has 1 amide bonds. The van der Waals surface area contributed by atoms with Crippen LogP contribution in [0.1, 0.15) is 194 Å². The first-order valence-electron chi connectivity index (χ1n) is 25.6. The van der Waals surface area contributed by atoms with Crippen LogP contribution in [0, 0.1) is 0 Å². The van der Waals surface area contributed by atoms with E-state index in [1.807, 2.05) is 27.2 Å². The number of carbonyl (C=O) groups excluding carboxylic acids is 1. The van der Waals surface area contributed by atoms with E-state index < -0.39 is 26.6 Å². The number of phosphoric ester groups is 1. The Morgan fingerprint density at radius 1 is 0.562 bits per heavy atom. The van der Waals surface area contributed by atoms with E-state index in [0.717, 1.165) is 83.5 Å². The average molecular weight is 913 g/mol. The van der Waals surface area contributed by atoms with Gasteiger partial charge >= 0.3 is 0 Å². The third-order valence-electron chi connectivity index (χ3n) is 10.8. The Labute approximate surface area is 394 Å². The Balaban J connectivity index is 4.22. The molecular formula is C55H97N2O6P. The Morgan fingerprint density at radius 2 is 0.969 bits per heavy atom. The van der Waals surface area contributed by atoms with Gasteiger partial charge in [-0.2, -0.15) is 0 Å². The molecular weight excluding hydrogens is 816 g/mol. The fraction of sp³-hybridized carbons (Fsp3) is 0.691. The average Bonchev–Trinajstić information content (AvgIpc) is 3.25. The fourth-order valence-electron chi connectivity index (χ4n) is 6.74. The van der Waals surface area contributed by atoms with E-state index in [4.69, 9.17) is 9.05 Å². The van der Waals surface area contributed by atoms with Crippen molar-refractivity contribution < 1.29 is 32.9 Å². The van der Waals surface area contributed by atoms with Gasteiger partial charge in [-0.1, -0.05) is 195 Å². The van der Waals surface area contributed by atoms with Crippen LogP contribution in [0.25, 0.3) is 0 Å². The summed E-state index contributed by atoms with van der Waals surface area (Å²) in [4.78, 5) is 25.4. The number of rotatable bonds is 45. The molecule has 64 heavy (non-hydrogen) atoms. The van der Waals surface area contributed by atoms with Gasteiger partial charge in [0.15, 0.2) is 0 Å². The van der Waals surface area contributed by atoms with Crippen molar-refractivity contribution in [3.8, 4) is 0 Å². The first-order chi connectivity index (χ1) is 31.0. The number of quaternary nitrogens is 1. The zero-order chi connectivity index (χ0) is 47.1. The van der Waals surface area contributed by atoms with Gasteiger partial charge in [-0.3, -0.25) is 9.36 Å². The highest BCUT2D eigenvalue weighted by atomic mass is 31.2. The van der Waals surface area contributed by atoms with Gasteiger partial charge in [0.05, 0.1) is 39.9 Å². The second-order valence-electron chi connectivity index (χ2n) is 18.1. The van der Waals surface area contributed by atoms with Crippen LogP contribution in [0.4, 0.5) is 0 Å². The van der Waals surface area contributed by atoms with E-state index in [1.165, 1.54) is 89.9 Å². The van der Waals surface area contributed by atoms with E-state index >= 15 is 0 Å². The fourth-order valence-corrected chi connectivity index (χ4v) is 7.46. The lowest BCUT2D eigenvalue weighted by molar-refractivity contribution is -0.870. The molecule has 0 fully saturated rings. The Kier molecular flexibility index (Phi) is 43.7. The number of likely N-dealkylation sites (N-methyl/N-ethyl adjacent to an activating group) is 1. The van der Waals surface area contributed by atoms with Crippen molar-refractivity contribution in [1.29, 1.82) is 0 Å². The van der Waals surface area contributed by atoms with Crippen LogP contribution in [0.15, 0.2) is 97.2 Å². The second-order valence-corrected chi connectivity index (χ2v) is 19.5. The van der Waals surface area contributed by atoms with Gasteiger partial charge in [-0.05, 0) is 89.9 Å². The minimum absolute atomic E-state index is 0.0135. The molecule has 0 aromatic carbocycles. The van der Waals surface area contributed by atoms with Crippen LogP contribution in [-0.4, -0.2) is 68.5 Å². The molecule has 0 aliphatic carbocycles. The molecule has 2 N–H and O–H groups in total. The molecule has 0 rings (SSSR count). The number of amides is 1. The molecule has 0 radical (unpaired) electrons. The standard InChI is InChI=1S/C55H97N2O6P/c1-6-8-10-12-14-16-18-20-21-22-23-24-25-26-27-28-29-30-31-32-33-34-35-37-39-41-43-45-47-49-55(59)56-53(52-63-64(60,61)62-51-50-57(3,4)5)54(58)48-46-44-42-40-38-36-19-17-15-13-11-9-7-2/h8,10,14-17,20-21,23-24,26-27,38,40,46,48,53-54,58H,6-7,9,11-13,18-19,22,25,28-37,39,41-45,47,49-52H2,1-5H3,(H-,56,59,60,61)/b10-8-,16-14-,17-15+,21-20-,24-23-,27-26-,40-38+,48-46+. The summed E-state index contributed by atoms with van der Waals surface area (Å²) < 4.78 is 23.2. The number of hydrogen-bond donors (Lipinski definition) is 2. The number of nitrogens with one attached hydrogen (secondary N) is 1. The van der Waals surface area contributed by atoms with E-state index in [-0.39, 0.29) is 12.5 Å². The van der Waals surface area contributed by atoms with Crippen molar-refractivity contribution in [1.82, 2.24) is 5.32 Å². The highest BCUT2D eigenvalue weighted by Crippen LogP contribution is 2.38. The van der Waals surface area contributed by atoms with E-state index in [2.05, 4.69) is 104 Å². The van der Waals surface area contributed by atoms with Crippen molar-refractivity contribution in [2.24, 2.45) is 0 Å². The molecule has 0 saturated heterocycles. The zero-order valence-corrected chi connectivity index (χ0v) is 42.6. The van der Waals surface area contributed by atoms with Crippen LogP contribution < -0.4 is 10.2 Å². The summed E-state index contributed by atoms with van der Waals surface area (Å²) in [5, 5.41) is 13.8. The topological polar surface area (TPSA) is 108 Å². The highest BCUT2D eigenvalue weighted by molar-refractivity contribution is 7.45. The van der Waals surface area contributed by atoms with Crippen LogP contribution in [0.2, 0.25) is 0 Å². The van der Waals surface area contributed by atoms with Crippen LogP contribution in [0.3, 0.4) is 0 Å². The van der Waals surface area contributed by atoms with Gasteiger partial charge in [0.25, 0.3) is 7.82 Å². The minimum atomic E-state index is -4.61. The number of aliphatic hydroxyl groups excluding tert-OH is 1. The number of carbonyl (C=O) groups is 1. The lowest BCUT2D eigenvalue weighted by atomic mass is 10.0. The summed E-state index contributed by atoms with van der Waals surface area (Å²) in [5.74, 6) is -0.218. The second kappa shape index (κ2) is 45.6. The van der Waals surface area contributed by atoms with E-state index in [1.54, 1.807) is 6.08 Å². The molecule has 0 aromatic heterocycles. The maximum absolute atomic E-state index is 12.9. The first kappa shape index (κ1) is 61.4. The Bertz CT molecular complexity index is 1360. The first-order valence-corrected chi connectivity index (χ1v) is 27.1. The number of hydrogen-bond acceptors (Lipinski definition) is 6. The van der Waals surface area contributed by atoms with Gasteiger partial charge in [0.2, 0.25) is 5.91 Å². The molecule has 0 aromatic rings. The third-order valence-corrected chi connectivity index (χ3v) is 11.7. The van der Waals surface area contributed by atoms with E-state index in [9.17, 15) is 19.4 Å². The number of aliphatic hydroxyl groups is 1. The van der Waals surface area contributed by atoms with Crippen molar-refractivity contribution >= 4 is 13.7 Å². The molecule has 0 aliphatic rings. The number of nitrogens with zero attached hydrogens (tertiary/aromatic N) is 1. The van der Waals surface area contributed by atoms with Crippen LogP contribution in [0.5, 0.6) is 0 Å². The predicted octanol–water partition coefficient (Wildman–Crippen LogP) is 14.5. The zero-order valence-electron chi connectivity index (χ0n) is 41.7. The highest BCUT2D eigenvalue weighted by Gasteiger charge is 2.23. The summed E-state index contributed by atoms with van der Waals surface area (Å²) >= 11 is 0. The molecule has 3 atom stereocenters. The lowest BCUT2D eigenvalue weighted by Crippen LogP contribution is -2.45. The number of allylic oxidation sites excluding steroid dienone is 15. The summed E-state index contributed by atoms with van der Waals surface area (Å²) in [6.07, 6.45) is 64.7. The number of phosphoric acid groups is 1. The largest absolute Gasteiger partial charge is 0.756 e. The molecule has 9 heteroatoms. The minimum Gasteiger partial charge on any atom is -0.756 e. The van der Waals surface area contributed by atoms with Gasteiger partial charge in [-0.15, -0.1) is 0 Å². The molecule has 368 valence electrons. The van der Waals surface area contributed by atoms with Gasteiger partial charge in [0.1, 0.15) is 13.2 Å². The Morgan fingerprint density at radius 3 is 1.45 bits per heavy atom. The predicted molar refractivity (Wildman–Crippen MR) is 274 cm³/mol. The third kappa shape index (κ3) is 47.4. The summed E-state index contributed by atoms with van der Waals surface area (Å²) in [5.41, 5.74) is 0. The molecule has 8 nitrogen and oxygen atoms in total. The summed E-state index contributed by atoms with van der Waals surface area (Å²) in [6.45, 7) is 4.45. The molecule has 0 spiro atoms. The number of unbranched alkanes of at least 4 members (excludes halogenated alkanes) is 18. The van der Waals surface area contributed by atoms with Crippen molar-refractivity contribution in [2.75, 3.05) is 40.9 Å². The van der Waals surface area contributed by atoms with Gasteiger partial charge in [0, 0.05) is 6.42 Å². The summed E-state index contributed by atoms with van der Waals surface area (Å²) in [7, 11) is 1.22. The monoisotopic (exact) mass is 913 g/mol. The van der Waals surface area contributed by atoms with Crippen molar-refractivity contribution in [3.63, 3.8) is 0 Å². The maximum Gasteiger partial charge on any atom is 0.268 e. The van der Waals surface area contributed by atoms with Crippen molar-refractivity contribution in [3.05, 3.63) is 97.2 Å². The van der Waals surface area contributed by atoms with Crippen LogP contribution >= 0.6 is 7.82 Å². The molecule has 0 aliphatic heterocycles. The van der Waals surface area contributed by atoms with Gasteiger partial charge < -0.3 is 28.8 Å². The maximum atomic E-state index is 12.9. The molecule has 0 heterocycles. The molecule has 0 saturated carbocycles. The van der Waals surface area contributed by atoms with Gasteiger partial charge in [-0.25, -0.2) is 0 Å². The lowest BCUT2D eigenvalue weighted by Gasteiger charge is -2.29.